The average molecular weight is 253 g/mol. The Hall–Kier alpha value is -1.28. The van der Waals surface area contributed by atoms with Crippen LogP contribution in [0, 0.1) is 0 Å². The highest BCUT2D eigenvalue weighted by Gasteiger charge is 2.14. The van der Waals surface area contributed by atoms with Crippen LogP contribution in [0.5, 0.6) is 0 Å². The van der Waals surface area contributed by atoms with Crippen LogP contribution in [-0.2, 0) is 9.53 Å². The van der Waals surface area contributed by atoms with Crippen LogP contribution in [0.15, 0.2) is 30.3 Å². The van der Waals surface area contributed by atoms with Crippen molar-refractivity contribution in [3.05, 3.63) is 40.9 Å². The van der Waals surface area contributed by atoms with Gasteiger partial charge in [0.2, 0.25) is 0 Å². The van der Waals surface area contributed by atoms with Gasteiger partial charge in [-0.25, -0.2) is 4.79 Å². The van der Waals surface area contributed by atoms with Crippen LogP contribution in [0.1, 0.15) is 33.3 Å². The summed E-state index contributed by atoms with van der Waals surface area (Å²) in [6.45, 7) is 7.40. The van der Waals surface area contributed by atoms with E-state index in [0.29, 0.717) is 5.02 Å². The molecule has 0 N–H and O–H groups in total. The summed E-state index contributed by atoms with van der Waals surface area (Å²) in [4.78, 5) is 11.6. The second-order valence-electron chi connectivity index (χ2n) is 4.87. The molecular weight excluding hydrogens is 236 g/mol. The van der Waals surface area contributed by atoms with E-state index in [4.69, 9.17) is 16.3 Å². The van der Waals surface area contributed by atoms with Gasteiger partial charge in [-0.1, -0.05) is 23.7 Å². The van der Waals surface area contributed by atoms with Gasteiger partial charge in [-0.15, -0.1) is 0 Å². The lowest BCUT2D eigenvalue weighted by molar-refractivity contribution is -0.148. The largest absolute Gasteiger partial charge is 0.457 e. The molecule has 0 atom stereocenters. The number of allylic oxidation sites excluding steroid dienone is 1. The second kappa shape index (κ2) is 5.37. The number of esters is 1. The quantitative estimate of drug-likeness (QED) is 0.586. The lowest BCUT2D eigenvalue weighted by Gasteiger charge is -2.18. The fraction of sp³-hybridized carbons (Fsp3) is 0.357. The fourth-order valence-corrected chi connectivity index (χ4v) is 1.43. The molecule has 0 bridgehead atoms. The number of hydrogen-bond donors (Lipinski definition) is 0. The maximum absolute atomic E-state index is 11.6. The monoisotopic (exact) mass is 252 g/mol. The molecule has 0 fully saturated rings. The molecule has 1 aromatic rings. The van der Waals surface area contributed by atoms with E-state index in [9.17, 15) is 4.79 Å². The van der Waals surface area contributed by atoms with Gasteiger partial charge >= 0.3 is 5.97 Å². The summed E-state index contributed by atoms with van der Waals surface area (Å²) in [7, 11) is 0. The first-order chi connectivity index (χ1) is 7.78. The molecule has 0 unspecified atom stereocenters. The molecule has 1 rings (SSSR count). The third-order valence-electron chi connectivity index (χ3n) is 2.04. The smallest absolute Gasteiger partial charge is 0.331 e. The van der Waals surface area contributed by atoms with Crippen LogP contribution < -0.4 is 0 Å². The van der Waals surface area contributed by atoms with Gasteiger partial charge in [0.1, 0.15) is 5.60 Å². The molecule has 3 heteroatoms. The number of rotatable bonds is 2. The van der Waals surface area contributed by atoms with Crippen LogP contribution in [0.3, 0.4) is 0 Å². The van der Waals surface area contributed by atoms with Gasteiger partial charge in [0.05, 0.1) is 0 Å². The van der Waals surface area contributed by atoms with Gasteiger partial charge < -0.3 is 4.74 Å². The average Bonchev–Trinajstić information content (AvgIpc) is 2.15. The van der Waals surface area contributed by atoms with Crippen molar-refractivity contribution in [2.24, 2.45) is 0 Å². The predicted molar refractivity (Wildman–Crippen MR) is 70.9 cm³/mol. The molecule has 17 heavy (non-hydrogen) atoms. The van der Waals surface area contributed by atoms with Crippen molar-refractivity contribution in [1.82, 2.24) is 0 Å². The molecule has 92 valence electrons. The van der Waals surface area contributed by atoms with Crippen molar-refractivity contribution >= 4 is 23.1 Å². The third-order valence-corrected chi connectivity index (χ3v) is 2.29. The van der Waals surface area contributed by atoms with E-state index < -0.39 is 5.60 Å². The van der Waals surface area contributed by atoms with Gasteiger partial charge in [0, 0.05) is 11.1 Å². The summed E-state index contributed by atoms with van der Waals surface area (Å²) in [6, 6.07) is 7.34. The highest BCUT2D eigenvalue weighted by atomic mass is 35.5. The van der Waals surface area contributed by atoms with Gasteiger partial charge in [-0.05, 0) is 51.0 Å². The number of carbonyl (C=O) groups is 1. The second-order valence-corrected chi connectivity index (χ2v) is 5.30. The molecule has 2 nitrogen and oxygen atoms in total. The molecule has 0 radical (unpaired) electrons. The predicted octanol–water partition coefficient (Wildman–Crippen LogP) is 4.09. The zero-order valence-electron chi connectivity index (χ0n) is 10.6. The first-order valence-corrected chi connectivity index (χ1v) is 5.83. The summed E-state index contributed by atoms with van der Waals surface area (Å²) in [5.41, 5.74) is 1.35. The summed E-state index contributed by atoms with van der Waals surface area (Å²) in [6.07, 6.45) is 1.49. The van der Waals surface area contributed by atoms with Crippen molar-refractivity contribution in [2.75, 3.05) is 0 Å². The summed E-state index contributed by atoms with van der Waals surface area (Å²) in [5.74, 6) is -0.329. The molecule has 0 aliphatic heterocycles. The van der Waals surface area contributed by atoms with E-state index in [1.807, 2.05) is 39.8 Å². The molecular formula is C14H17ClO2. The Bertz CT molecular complexity index is 425. The minimum absolute atomic E-state index is 0.329. The van der Waals surface area contributed by atoms with E-state index in [2.05, 4.69) is 0 Å². The van der Waals surface area contributed by atoms with Crippen molar-refractivity contribution in [1.29, 1.82) is 0 Å². The van der Waals surface area contributed by atoms with Crippen molar-refractivity contribution < 1.29 is 9.53 Å². The summed E-state index contributed by atoms with van der Waals surface area (Å²) >= 11 is 5.80. The Labute approximate surface area is 107 Å². The van der Waals surface area contributed by atoms with Crippen LogP contribution in [0.4, 0.5) is 0 Å². The number of ether oxygens (including phenoxy) is 1. The maximum Gasteiger partial charge on any atom is 0.331 e. The normalized spacial score (nSPS) is 12.4. The van der Waals surface area contributed by atoms with E-state index in [1.54, 1.807) is 12.1 Å². The molecule has 0 saturated heterocycles. The fourth-order valence-electron chi connectivity index (χ4n) is 1.30. The highest BCUT2D eigenvalue weighted by Crippen LogP contribution is 2.17. The molecule has 1 aromatic carbocycles. The van der Waals surface area contributed by atoms with Crippen molar-refractivity contribution in [3.63, 3.8) is 0 Å². The Morgan fingerprint density at radius 2 is 1.76 bits per heavy atom. The summed E-state index contributed by atoms with van der Waals surface area (Å²) < 4.78 is 5.21. The molecule has 0 aliphatic carbocycles. The lowest BCUT2D eigenvalue weighted by atomic mass is 10.1. The molecule has 0 heterocycles. The summed E-state index contributed by atoms with van der Waals surface area (Å²) in [5, 5.41) is 0.679. The topological polar surface area (TPSA) is 26.3 Å². The van der Waals surface area contributed by atoms with Gasteiger partial charge in [0.25, 0.3) is 0 Å². The molecule has 0 aromatic heterocycles. The standard InChI is InChI=1S/C14H17ClO2/c1-10(9-13(16)17-14(2,3)4)11-5-7-12(15)8-6-11/h5-9H,1-4H3/b10-9-. The molecule has 0 aliphatic rings. The number of hydrogen-bond acceptors (Lipinski definition) is 2. The van der Waals surface area contributed by atoms with Crippen LogP contribution in [0.25, 0.3) is 5.57 Å². The number of halogens is 1. The zero-order chi connectivity index (χ0) is 13.1. The third kappa shape index (κ3) is 5.05. The first-order valence-electron chi connectivity index (χ1n) is 5.45. The first kappa shape index (κ1) is 13.8. The molecule has 0 saturated carbocycles. The maximum atomic E-state index is 11.6. The van der Waals surface area contributed by atoms with Crippen LogP contribution in [0.2, 0.25) is 5.02 Å². The zero-order valence-corrected chi connectivity index (χ0v) is 11.3. The number of carbonyl (C=O) groups excluding carboxylic acids is 1. The highest BCUT2D eigenvalue weighted by molar-refractivity contribution is 6.30. The lowest BCUT2D eigenvalue weighted by Crippen LogP contribution is -2.22. The number of benzene rings is 1. The molecule has 0 amide bonds. The van der Waals surface area contributed by atoms with E-state index in [0.717, 1.165) is 11.1 Å². The Morgan fingerprint density at radius 3 is 2.24 bits per heavy atom. The Balaban J connectivity index is 2.79. The van der Waals surface area contributed by atoms with E-state index in [1.165, 1.54) is 6.08 Å². The van der Waals surface area contributed by atoms with E-state index in [-0.39, 0.29) is 5.97 Å². The minimum Gasteiger partial charge on any atom is -0.457 e. The minimum atomic E-state index is -0.464. The van der Waals surface area contributed by atoms with Crippen LogP contribution in [-0.4, -0.2) is 11.6 Å². The van der Waals surface area contributed by atoms with Gasteiger partial charge in [-0.3, -0.25) is 0 Å². The Kier molecular flexibility index (Phi) is 4.35. The van der Waals surface area contributed by atoms with Gasteiger partial charge in [0.15, 0.2) is 0 Å². The molecule has 0 spiro atoms. The Morgan fingerprint density at radius 1 is 1.24 bits per heavy atom. The van der Waals surface area contributed by atoms with Crippen molar-refractivity contribution in [3.8, 4) is 0 Å². The van der Waals surface area contributed by atoms with Gasteiger partial charge in [-0.2, -0.15) is 0 Å². The van der Waals surface area contributed by atoms with E-state index >= 15 is 0 Å². The SMILES string of the molecule is C/C(=C/C(=O)OC(C)(C)C)c1ccc(Cl)cc1. The van der Waals surface area contributed by atoms with Crippen molar-refractivity contribution in [2.45, 2.75) is 33.3 Å². The van der Waals surface area contributed by atoms with Crippen LogP contribution >= 0.6 is 11.6 Å².